The van der Waals surface area contributed by atoms with E-state index >= 15 is 0 Å². The average Bonchev–Trinajstić information content (AvgIpc) is 3.06. The maximum atomic E-state index is 13.0. The summed E-state index contributed by atoms with van der Waals surface area (Å²) in [6.07, 6.45) is 8.44. The van der Waals surface area contributed by atoms with Gasteiger partial charge in [-0.1, -0.05) is 35.9 Å². The van der Waals surface area contributed by atoms with Crippen LogP contribution < -0.4 is 9.64 Å². The number of halogens is 1. The van der Waals surface area contributed by atoms with Crippen LogP contribution in [0.5, 0.6) is 5.75 Å². The van der Waals surface area contributed by atoms with E-state index in [9.17, 15) is 14.7 Å². The molecule has 2 aromatic rings. The maximum Gasteiger partial charge on any atom is 0.343 e. The third-order valence-electron chi connectivity index (χ3n) is 8.22. The van der Waals surface area contributed by atoms with Crippen LogP contribution in [0.4, 0.5) is 5.69 Å². The first kappa shape index (κ1) is 26.6. The quantitative estimate of drug-likeness (QED) is 0.429. The van der Waals surface area contributed by atoms with E-state index in [2.05, 4.69) is 23.1 Å². The molecule has 2 heterocycles. The number of carbonyl (C=O) groups is 2. The van der Waals surface area contributed by atoms with Gasteiger partial charge in [-0.2, -0.15) is 0 Å². The Kier molecular flexibility index (Phi) is 7.43. The van der Waals surface area contributed by atoms with Crippen molar-refractivity contribution in [1.29, 1.82) is 0 Å². The zero-order valence-electron chi connectivity index (χ0n) is 22.0. The lowest BCUT2D eigenvalue weighted by molar-refractivity contribution is -0.167. The summed E-state index contributed by atoms with van der Waals surface area (Å²) in [6.45, 7) is 2.44. The number of anilines is 1. The minimum Gasteiger partial charge on any atom is -0.490 e. The second-order valence-corrected chi connectivity index (χ2v) is 11.2. The van der Waals surface area contributed by atoms with Gasteiger partial charge in [0.15, 0.2) is 5.60 Å². The number of ether oxygens (including phenoxy) is 2. The normalized spacial score (nSPS) is 26.6. The fourth-order valence-electron chi connectivity index (χ4n) is 6.07. The van der Waals surface area contributed by atoms with Crippen molar-refractivity contribution in [3.8, 4) is 5.75 Å². The summed E-state index contributed by atoms with van der Waals surface area (Å²) in [7, 11) is 2.88. The lowest BCUT2D eigenvalue weighted by Gasteiger charge is -2.41. The predicted octanol–water partition coefficient (Wildman–Crippen LogP) is 4.37. The van der Waals surface area contributed by atoms with Crippen LogP contribution in [-0.2, 0) is 31.8 Å². The summed E-state index contributed by atoms with van der Waals surface area (Å²) >= 11 is 6.35. The number of aryl methyl sites for hydroxylation is 1. The molecule has 0 radical (unpaired) electrons. The third kappa shape index (κ3) is 4.90. The fraction of sp³-hybridized carbons (Fsp3) is 0.467. The van der Waals surface area contributed by atoms with Gasteiger partial charge in [-0.3, -0.25) is 4.79 Å². The maximum absolute atomic E-state index is 13.0. The largest absolute Gasteiger partial charge is 0.490 e. The molecule has 38 heavy (non-hydrogen) atoms. The number of fused-ring (bicyclic) bond motifs is 3. The lowest BCUT2D eigenvalue weighted by Crippen LogP contribution is -2.46. The molecule has 5 rings (SSSR count). The van der Waals surface area contributed by atoms with Crippen LogP contribution in [0.3, 0.4) is 0 Å². The monoisotopic (exact) mass is 538 g/mol. The van der Waals surface area contributed by atoms with Gasteiger partial charge in [-0.25, -0.2) is 4.79 Å². The molecule has 2 atom stereocenters. The highest BCUT2D eigenvalue weighted by Crippen LogP contribution is 2.45. The molecule has 2 bridgehead atoms. The topological polar surface area (TPSA) is 79.3 Å². The Hall–Kier alpha value is -3.03. The van der Waals surface area contributed by atoms with Gasteiger partial charge in [0.1, 0.15) is 5.75 Å². The number of allylic oxidation sites excluding steroid dienone is 1. The van der Waals surface area contributed by atoms with E-state index in [0.29, 0.717) is 24.5 Å². The second kappa shape index (κ2) is 10.6. The molecule has 1 spiro atoms. The van der Waals surface area contributed by atoms with Crippen LogP contribution >= 0.6 is 11.6 Å². The number of hydrogen-bond acceptors (Lipinski definition) is 6. The Balaban J connectivity index is 1.60. The number of esters is 1. The van der Waals surface area contributed by atoms with Crippen molar-refractivity contribution in [2.75, 3.05) is 45.3 Å². The van der Waals surface area contributed by atoms with Gasteiger partial charge in [0.25, 0.3) is 0 Å². The fourth-order valence-corrected chi connectivity index (χ4v) is 6.27. The number of rotatable bonds is 1. The zero-order chi connectivity index (χ0) is 26.9. The summed E-state index contributed by atoms with van der Waals surface area (Å²) in [5.74, 6) is -0.512. The van der Waals surface area contributed by atoms with Crippen molar-refractivity contribution in [3.05, 3.63) is 70.3 Å². The molecule has 2 aromatic carbocycles. The standard InChI is InChI=1S/C30H35ClN2O5/c1-32-14-5-3-4-6-15-33-19-29(13-7-8-21-16-23(31)10-11-24(21)29)20-38-26-12-9-22(17-25(26)33)30(36,18-27(32)34)28(35)37-2/h3,5,9-12,16-17,36H,4,6-8,13-15,18-20H2,1-2H3/b5-3+/t29-,30+/m0/s1. The molecule has 7 nitrogen and oxygen atoms in total. The van der Waals surface area contributed by atoms with E-state index < -0.39 is 18.0 Å². The van der Waals surface area contributed by atoms with E-state index in [0.717, 1.165) is 55.9 Å². The molecule has 0 fully saturated rings. The van der Waals surface area contributed by atoms with Crippen LogP contribution in [0, 0.1) is 0 Å². The zero-order valence-corrected chi connectivity index (χ0v) is 22.8. The highest BCUT2D eigenvalue weighted by Gasteiger charge is 2.45. The van der Waals surface area contributed by atoms with Crippen LogP contribution in [0.15, 0.2) is 48.6 Å². The van der Waals surface area contributed by atoms with Crippen molar-refractivity contribution < 1.29 is 24.2 Å². The summed E-state index contributed by atoms with van der Waals surface area (Å²) in [6, 6.07) is 11.4. The summed E-state index contributed by atoms with van der Waals surface area (Å²) in [5, 5.41) is 12.4. The lowest BCUT2D eigenvalue weighted by atomic mass is 9.70. The van der Waals surface area contributed by atoms with Crippen LogP contribution in [0.1, 0.15) is 48.8 Å². The third-order valence-corrected chi connectivity index (χ3v) is 8.45. The first-order chi connectivity index (χ1) is 18.3. The van der Waals surface area contributed by atoms with Gasteiger partial charge < -0.3 is 24.4 Å². The Morgan fingerprint density at radius 2 is 2.00 bits per heavy atom. The average molecular weight is 539 g/mol. The van der Waals surface area contributed by atoms with Crippen molar-refractivity contribution in [1.82, 2.24) is 4.90 Å². The molecule has 0 saturated heterocycles. The van der Waals surface area contributed by atoms with Crippen molar-refractivity contribution in [2.24, 2.45) is 0 Å². The highest BCUT2D eigenvalue weighted by atomic mass is 35.5. The van der Waals surface area contributed by atoms with Gasteiger partial charge in [-0.05, 0) is 73.1 Å². The molecular weight excluding hydrogens is 504 g/mol. The van der Waals surface area contributed by atoms with E-state index in [1.165, 1.54) is 23.1 Å². The second-order valence-electron chi connectivity index (χ2n) is 10.7. The van der Waals surface area contributed by atoms with Gasteiger partial charge in [0, 0.05) is 37.1 Å². The first-order valence-corrected chi connectivity index (χ1v) is 13.6. The SMILES string of the molecule is COC(=O)[C@@]1(O)CC(=O)N(C)C/C=C/CCCN2C[C@@]3(CCCc4cc(Cl)ccc43)COc3ccc1cc32. The Labute approximate surface area is 229 Å². The summed E-state index contributed by atoms with van der Waals surface area (Å²) < 4.78 is 11.5. The molecule has 8 heteroatoms. The smallest absolute Gasteiger partial charge is 0.343 e. The first-order valence-electron chi connectivity index (χ1n) is 13.3. The molecule has 0 saturated carbocycles. The molecule has 0 aromatic heterocycles. The van der Waals surface area contributed by atoms with Gasteiger partial charge in [-0.15, -0.1) is 0 Å². The number of hydrogen-bond donors (Lipinski definition) is 1. The molecule has 1 amide bonds. The number of nitrogens with zero attached hydrogens (tertiary/aromatic N) is 2. The molecule has 202 valence electrons. The van der Waals surface area contributed by atoms with Crippen molar-refractivity contribution in [3.63, 3.8) is 0 Å². The molecule has 2 aliphatic heterocycles. The minimum absolute atomic E-state index is 0.212. The number of amides is 1. The number of methoxy groups -OCH3 is 1. The van der Waals surface area contributed by atoms with Crippen LogP contribution in [-0.4, -0.2) is 62.3 Å². The van der Waals surface area contributed by atoms with Gasteiger partial charge in [0.2, 0.25) is 5.91 Å². The van der Waals surface area contributed by atoms with Crippen LogP contribution in [0.25, 0.3) is 0 Å². The van der Waals surface area contributed by atoms with Crippen LogP contribution in [0.2, 0.25) is 5.02 Å². The van der Waals surface area contributed by atoms with Crippen molar-refractivity contribution >= 4 is 29.2 Å². The highest BCUT2D eigenvalue weighted by molar-refractivity contribution is 6.30. The Bertz CT molecular complexity index is 1260. The minimum atomic E-state index is -2.12. The Morgan fingerprint density at radius 3 is 2.82 bits per heavy atom. The van der Waals surface area contributed by atoms with E-state index in [1.807, 2.05) is 12.1 Å². The number of likely N-dealkylation sites (N-methyl/N-ethyl adjacent to an activating group) is 1. The van der Waals surface area contributed by atoms with E-state index in [4.69, 9.17) is 21.1 Å². The number of aliphatic hydroxyl groups is 1. The number of carbonyl (C=O) groups excluding carboxylic acids is 2. The summed E-state index contributed by atoms with van der Waals surface area (Å²) in [4.78, 5) is 29.7. The van der Waals surface area contributed by atoms with E-state index in [-0.39, 0.29) is 11.3 Å². The molecule has 1 N–H and O–H groups in total. The van der Waals surface area contributed by atoms with E-state index in [1.54, 1.807) is 25.2 Å². The predicted molar refractivity (Wildman–Crippen MR) is 147 cm³/mol. The molecular formula is C30H35ClN2O5. The van der Waals surface area contributed by atoms with Gasteiger partial charge in [0.05, 0.1) is 25.8 Å². The summed E-state index contributed by atoms with van der Waals surface area (Å²) in [5.41, 5.74) is 1.34. The molecule has 1 aliphatic carbocycles. The van der Waals surface area contributed by atoms with Gasteiger partial charge >= 0.3 is 5.97 Å². The molecule has 0 unspecified atom stereocenters. The van der Waals surface area contributed by atoms with Crippen molar-refractivity contribution in [2.45, 2.75) is 49.5 Å². The number of benzene rings is 2. The molecule has 3 aliphatic rings. The Morgan fingerprint density at radius 1 is 1.16 bits per heavy atom.